The highest BCUT2D eigenvalue weighted by molar-refractivity contribution is 5.28. The number of nitrogens with two attached hydrogens (primary N) is 1. The SMILES string of the molecule is COc1ccc(Cc2noc(CCCC(C)N)n2)cc1. The van der Waals surface area contributed by atoms with Crippen molar-refractivity contribution in [2.45, 2.75) is 38.6 Å². The molecule has 0 saturated carbocycles. The summed E-state index contributed by atoms with van der Waals surface area (Å²) in [6.45, 7) is 2.00. The number of hydrogen-bond acceptors (Lipinski definition) is 5. The van der Waals surface area contributed by atoms with E-state index in [0.29, 0.717) is 18.1 Å². The predicted octanol–water partition coefficient (Wildman–Crippen LogP) is 2.34. The molecule has 1 atom stereocenters. The molecule has 1 heterocycles. The predicted molar refractivity (Wildman–Crippen MR) is 76.7 cm³/mol. The van der Waals surface area contributed by atoms with E-state index in [1.165, 1.54) is 0 Å². The van der Waals surface area contributed by atoms with Crippen LogP contribution in [-0.2, 0) is 12.8 Å². The molecule has 1 aromatic carbocycles. The van der Waals surface area contributed by atoms with E-state index in [1.54, 1.807) is 7.11 Å². The molecule has 1 aromatic heterocycles. The molecule has 0 aliphatic carbocycles. The maximum atomic E-state index is 5.71. The summed E-state index contributed by atoms with van der Waals surface area (Å²) in [4.78, 5) is 4.40. The van der Waals surface area contributed by atoms with Gasteiger partial charge in [0.2, 0.25) is 5.89 Å². The zero-order chi connectivity index (χ0) is 14.4. The van der Waals surface area contributed by atoms with Crippen molar-refractivity contribution in [3.05, 3.63) is 41.5 Å². The lowest BCUT2D eigenvalue weighted by molar-refractivity contribution is 0.368. The number of methoxy groups -OCH3 is 1. The van der Waals surface area contributed by atoms with Crippen LogP contribution >= 0.6 is 0 Å². The minimum absolute atomic E-state index is 0.219. The molecule has 0 bridgehead atoms. The van der Waals surface area contributed by atoms with E-state index < -0.39 is 0 Å². The summed E-state index contributed by atoms with van der Waals surface area (Å²) in [5, 5.41) is 4.00. The lowest BCUT2D eigenvalue weighted by Crippen LogP contribution is -2.14. The number of ether oxygens (including phenoxy) is 1. The third kappa shape index (κ3) is 4.35. The van der Waals surface area contributed by atoms with Crippen LogP contribution in [0.3, 0.4) is 0 Å². The van der Waals surface area contributed by atoms with E-state index in [1.807, 2.05) is 31.2 Å². The zero-order valence-corrected chi connectivity index (χ0v) is 12.0. The van der Waals surface area contributed by atoms with Crippen molar-refractivity contribution in [3.8, 4) is 5.75 Å². The van der Waals surface area contributed by atoms with E-state index >= 15 is 0 Å². The van der Waals surface area contributed by atoms with Gasteiger partial charge in [0.05, 0.1) is 7.11 Å². The summed E-state index contributed by atoms with van der Waals surface area (Å²) in [5.74, 6) is 2.25. The Morgan fingerprint density at radius 1 is 1.30 bits per heavy atom. The number of aryl methyl sites for hydroxylation is 1. The van der Waals surface area contributed by atoms with Crippen molar-refractivity contribution in [2.75, 3.05) is 7.11 Å². The quantitative estimate of drug-likeness (QED) is 0.839. The number of hydrogen-bond donors (Lipinski definition) is 1. The standard InChI is InChI=1S/C15H21N3O2/c1-11(16)4-3-5-15-17-14(18-20-15)10-12-6-8-13(19-2)9-7-12/h6-9,11H,3-5,10,16H2,1-2H3. The topological polar surface area (TPSA) is 74.2 Å². The average Bonchev–Trinajstić information content (AvgIpc) is 2.87. The largest absolute Gasteiger partial charge is 0.497 e. The average molecular weight is 275 g/mol. The van der Waals surface area contributed by atoms with Crippen molar-refractivity contribution >= 4 is 0 Å². The van der Waals surface area contributed by atoms with Crippen molar-refractivity contribution in [3.63, 3.8) is 0 Å². The van der Waals surface area contributed by atoms with Crippen LogP contribution in [0.1, 0.15) is 37.0 Å². The molecule has 0 aliphatic rings. The second kappa shape index (κ2) is 7.05. The van der Waals surface area contributed by atoms with Gasteiger partial charge in [-0.2, -0.15) is 4.98 Å². The summed E-state index contributed by atoms with van der Waals surface area (Å²) in [6.07, 6.45) is 3.40. The van der Waals surface area contributed by atoms with Crippen LogP contribution in [-0.4, -0.2) is 23.3 Å². The third-order valence-corrected chi connectivity index (χ3v) is 3.08. The molecule has 1 unspecified atom stereocenters. The van der Waals surface area contributed by atoms with Gasteiger partial charge in [0.1, 0.15) is 5.75 Å². The highest BCUT2D eigenvalue weighted by atomic mass is 16.5. The van der Waals surface area contributed by atoms with Gasteiger partial charge < -0.3 is 15.0 Å². The Balaban J connectivity index is 1.88. The third-order valence-electron chi connectivity index (χ3n) is 3.08. The number of aromatic nitrogens is 2. The minimum atomic E-state index is 0.219. The monoisotopic (exact) mass is 275 g/mol. The van der Waals surface area contributed by atoms with Crippen LogP contribution in [0.4, 0.5) is 0 Å². The molecule has 2 N–H and O–H groups in total. The van der Waals surface area contributed by atoms with Crippen molar-refractivity contribution in [1.82, 2.24) is 10.1 Å². The van der Waals surface area contributed by atoms with Crippen LogP contribution in [0.25, 0.3) is 0 Å². The van der Waals surface area contributed by atoms with Gasteiger partial charge in [0.15, 0.2) is 5.82 Å². The molecule has 2 rings (SSSR count). The molecule has 5 nitrogen and oxygen atoms in total. The maximum absolute atomic E-state index is 5.71. The Morgan fingerprint density at radius 3 is 2.70 bits per heavy atom. The van der Waals surface area contributed by atoms with E-state index in [4.69, 9.17) is 15.0 Å². The van der Waals surface area contributed by atoms with Crippen LogP contribution in [0.5, 0.6) is 5.75 Å². The van der Waals surface area contributed by atoms with Gasteiger partial charge in [-0.05, 0) is 37.5 Å². The highest BCUT2D eigenvalue weighted by Gasteiger charge is 2.07. The molecule has 0 saturated heterocycles. The summed E-state index contributed by atoms with van der Waals surface area (Å²) < 4.78 is 10.4. The molecule has 0 aliphatic heterocycles. The molecule has 0 amide bonds. The minimum Gasteiger partial charge on any atom is -0.497 e. The molecule has 5 heteroatoms. The summed E-state index contributed by atoms with van der Waals surface area (Å²) in [7, 11) is 1.66. The Labute approximate surface area is 119 Å². The van der Waals surface area contributed by atoms with E-state index in [-0.39, 0.29) is 6.04 Å². The summed E-state index contributed by atoms with van der Waals surface area (Å²) in [5.41, 5.74) is 6.84. The Hall–Kier alpha value is -1.88. The van der Waals surface area contributed by atoms with Crippen LogP contribution < -0.4 is 10.5 Å². The first-order chi connectivity index (χ1) is 9.67. The van der Waals surface area contributed by atoms with E-state index in [2.05, 4.69) is 10.1 Å². The lowest BCUT2D eigenvalue weighted by Gasteiger charge is -2.01. The first kappa shape index (κ1) is 14.5. The smallest absolute Gasteiger partial charge is 0.226 e. The van der Waals surface area contributed by atoms with Gasteiger partial charge in [-0.15, -0.1) is 0 Å². The van der Waals surface area contributed by atoms with Crippen molar-refractivity contribution in [2.24, 2.45) is 5.73 Å². The molecule has 0 radical (unpaired) electrons. The fourth-order valence-corrected chi connectivity index (χ4v) is 1.96. The Kier molecular flexibility index (Phi) is 5.12. The summed E-state index contributed by atoms with van der Waals surface area (Å²) in [6, 6.07) is 8.09. The highest BCUT2D eigenvalue weighted by Crippen LogP contribution is 2.14. The van der Waals surface area contributed by atoms with Crippen molar-refractivity contribution in [1.29, 1.82) is 0 Å². The fraction of sp³-hybridized carbons (Fsp3) is 0.467. The van der Waals surface area contributed by atoms with Crippen LogP contribution in [0.15, 0.2) is 28.8 Å². The van der Waals surface area contributed by atoms with Gasteiger partial charge in [-0.25, -0.2) is 0 Å². The zero-order valence-electron chi connectivity index (χ0n) is 12.0. The number of benzene rings is 1. The summed E-state index contributed by atoms with van der Waals surface area (Å²) >= 11 is 0. The lowest BCUT2D eigenvalue weighted by atomic mass is 10.1. The van der Waals surface area contributed by atoms with Gasteiger partial charge in [-0.3, -0.25) is 0 Å². The van der Waals surface area contributed by atoms with Crippen LogP contribution in [0, 0.1) is 0 Å². The molecule has 2 aromatic rings. The van der Waals surface area contributed by atoms with Crippen molar-refractivity contribution < 1.29 is 9.26 Å². The maximum Gasteiger partial charge on any atom is 0.226 e. The first-order valence-electron chi connectivity index (χ1n) is 6.87. The second-order valence-corrected chi connectivity index (χ2v) is 5.00. The molecule has 0 fully saturated rings. The van der Waals surface area contributed by atoms with Crippen LogP contribution in [0.2, 0.25) is 0 Å². The molecular formula is C15H21N3O2. The van der Waals surface area contributed by atoms with Gasteiger partial charge >= 0.3 is 0 Å². The molecule has 0 spiro atoms. The van der Waals surface area contributed by atoms with Gasteiger partial charge in [0.25, 0.3) is 0 Å². The number of rotatable bonds is 7. The Morgan fingerprint density at radius 2 is 2.05 bits per heavy atom. The fourth-order valence-electron chi connectivity index (χ4n) is 1.96. The normalized spacial score (nSPS) is 12.3. The van der Waals surface area contributed by atoms with E-state index in [9.17, 15) is 0 Å². The molecule has 108 valence electrons. The molecular weight excluding hydrogens is 254 g/mol. The molecule has 20 heavy (non-hydrogen) atoms. The van der Waals surface area contributed by atoms with Gasteiger partial charge in [0, 0.05) is 18.9 Å². The first-order valence-corrected chi connectivity index (χ1v) is 6.87. The van der Waals surface area contributed by atoms with Gasteiger partial charge in [-0.1, -0.05) is 17.3 Å². The van der Waals surface area contributed by atoms with E-state index in [0.717, 1.165) is 30.6 Å². The Bertz CT molecular complexity index is 520. The second-order valence-electron chi connectivity index (χ2n) is 5.00. The number of nitrogens with zero attached hydrogens (tertiary/aromatic N) is 2.